The maximum Gasteiger partial charge on any atom is 0.269 e. The highest BCUT2D eigenvalue weighted by atomic mass is 16.6. The lowest BCUT2D eigenvalue weighted by Crippen LogP contribution is -2.27. The van der Waals surface area contributed by atoms with Gasteiger partial charge in [0.15, 0.2) is 0 Å². The van der Waals surface area contributed by atoms with Gasteiger partial charge in [0.1, 0.15) is 5.75 Å². The minimum Gasteiger partial charge on any atom is -0.497 e. The van der Waals surface area contributed by atoms with Crippen LogP contribution in [-0.4, -0.2) is 35.0 Å². The van der Waals surface area contributed by atoms with Crippen molar-refractivity contribution in [1.82, 2.24) is 9.88 Å². The topological polar surface area (TPSA) is 103 Å². The fourth-order valence-corrected chi connectivity index (χ4v) is 4.25. The number of nitrogens with zero attached hydrogens (tertiary/aromatic N) is 2. The van der Waals surface area contributed by atoms with E-state index in [1.54, 1.807) is 42.0 Å². The smallest absolute Gasteiger partial charge is 0.269 e. The molecule has 0 radical (unpaired) electrons. The van der Waals surface area contributed by atoms with Crippen molar-refractivity contribution in [2.75, 3.05) is 13.7 Å². The number of rotatable bonds is 8. The van der Waals surface area contributed by atoms with Gasteiger partial charge in [0.25, 0.3) is 11.6 Å². The van der Waals surface area contributed by atoms with E-state index in [-0.39, 0.29) is 23.9 Å². The fourth-order valence-electron chi connectivity index (χ4n) is 4.25. The van der Waals surface area contributed by atoms with E-state index in [2.05, 4.69) is 5.32 Å². The molecule has 0 saturated carbocycles. The molecule has 0 unspecified atom stereocenters. The van der Waals surface area contributed by atoms with E-state index < -0.39 is 4.92 Å². The number of ether oxygens (including phenoxy) is 1. The predicted molar refractivity (Wildman–Crippen MR) is 138 cm³/mol. The van der Waals surface area contributed by atoms with Crippen molar-refractivity contribution in [2.24, 2.45) is 0 Å². The minimum atomic E-state index is -0.442. The molecule has 8 heteroatoms. The van der Waals surface area contributed by atoms with Crippen molar-refractivity contribution in [1.29, 1.82) is 0 Å². The Bertz CT molecular complexity index is 1440. The maximum absolute atomic E-state index is 13.4. The fraction of sp³-hybridized carbons (Fsp3) is 0.214. The molecule has 0 aliphatic heterocycles. The molecule has 3 aromatic carbocycles. The lowest BCUT2D eigenvalue weighted by atomic mass is 10.1. The molecule has 1 N–H and O–H groups in total. The number of non-ortho nitro benzene ring substituents is 1. The normalized spacial score (nSPS) is 10.9. The highest BCUT2D eigenvalue weighted by molar-refractivity contribution is 6.05. The molecule has 0 aliphatic rings. The number of carbonyl (C=O) groups is 2. The Hall–Kier alpha value is -4.46. The predicted octanol–water partition coefficient (Wildman–Crippen LogP) is 4.76. The summed E-state index contributed by atoms with van der Waals surface area (Å²) >= 11 is 0. The molecule has 0 saturated heterocycles. The van der Waals surface area contributed by atoms with Crippen LogP contribution in [0.5, 0.6) is 5.75 Å². The third-order valence-corrected chi connectivity index (χ3v) is 6.26. The van der Waals surface area contributed by atoms with Crippen LogP contribution in [0.3, 0.4) is 0 Å². The van der Waals surface area contributed by atoms with Crippen LogP contribution in [0.2, 0.25) is 0 Å². The molecule has 0 spiro atoms. The average Bonchev–Trinajstić information content (AvgIpc) is 3.14. The van der Waals surface area contributed by atoms with Gasteiger partial charge in [-0.2, -0.15) is 0 Å². The highest BCUT2D eigenvalue weighted by Crippen LogP contribution is 2.30. The Balaban J connectivity index is 1.55. The molecule has 4 aromatic rings. The third-order valence-electron chi connectivity index (χ3n) is 6.26. The Morgan fingerprint density at radius 2 is 1.69 bits per heavy atom. The summed E-state index contributed by atoms with van der Waals surface area (Å²) in [5, 5.41) is 14.5. The van der Waals surface area contributed by atoms with Crippen LogP contribution < -0.4 is 10.1 Å². The van der Waals surface area contributed by atoms with Gasteiger partial charge in [0.2, 0.25) is 5.91 Å². The zero-order valence-corrected chi connectivity index (χ0v) is 20.4. The van der Waals surface area contributed by atoms with Gasteiger partial charge in [0.05, 0.1) is 24.0 Å². The molecule has 0 aliphatic carbocycles. The molecule has 184 valence electrons. The van der Waals surface area contributed by atoms with Gasteiger partial charge < -0.3 is 10.1 Å². The second-order valence-corrected chi connectivity index (χ2v) is 8.65. The second-order valence-electron chi connectivity index (χ2n) is 8.65. The van der Waals surface area contributed by atoms with E-state index in [4.69, 9.17) is 4.74 Å². The van der Waals surface area contributed by atoms with Gasteiger partial charge in [-0.3, -0.25) is 24.3 Å². The van der Waals surface area contributed by atoms with Gasteiger partial charge in [-0.1, -0.05) is 29.8 Å². The summed E-state index contributed by atoms with van der Waals surface area (Å²) in [6, 6.07) is 19.2. The summed E-state index contributed by atoms with van der Waals surface area (Å²) in [4.78, 5) is 36.7. The van der Waals surface area contributed by atoms with Crippen LogP contribution >= 0.6 is 0 Å². The van der Waals surface area contributed by atoms with Crippen molar-refractivity contribution in [2.45, 2.75) is 26.7 Å². The Morgan fingerprint density at radius 1 is 1.00 bits per heavy atom. The number of fused-ring (bicyclic) bond motifs is 1. The number of aryl methyl sites for hydroxylation is 1. The second kappa shape index (κ2) is 10.4. The van der Waals surface area contributed by atoms with Crippen LogP contribution in [0, 0.1) is 24.0 Å². The molecule has 36 heavy (non-hydrogen) atoms. The number of nitro groups is 1. The number of hydrogen-bond donors (Lipinski definition) is 1. The largest absolute Gasteiger partial charge is 0.497 e. The summed E-state index contributed by atoms with van der Waals surface area (Å²) in [6.45, 7) is 4.20. The van der Waals surface area contributed by atoms with Gasteiger partial charge in [-0.15, -0.1) is 0 Å². The molecule has 0 bridgehead atoms. The quantitative estimate of drug-likeness (QED) is 0.286. The number of hydrogen-bond acceptors (Lipinski definition) is 5. The molecule has 0 atom stereocenters. The first-order valence-electron chi connectivity index (χ1n) is 11.6. The number of nitrogens with one attached hydrogen (secondary N) is 1. The zero-order chi connectivity index (χ0) is 25.8. The zero-order valence-electron chi connectivity index (χ0n) is 20.4. The van der Waals surface area contributed by atoms with Gasteiger partial charge >= 0.3 is 0 Å². The first kappa shape index (κ1) is 24.7. The molecule has 1 heterocycles. The number of aromatic nitrogens is 1. The van der Waals surface area contributed by atoms with E-state index >= 15 is 0 Å². The first-order chi connectivity index (χ1) is 17.3. The number of amides is 1. The third kappa shape index (κ3) is 5.12. The van der Waals surface area contributed by atoms with E-state index in [0.29, 0.717) is 35.5 Å². The van der Waals surface area contributed by atoms with Gasteiger partial charge in [-0.05, 0) is 61.7 Å². The van der Waals surface area contributed by atoms with E-state index in [9.17, 15) is 19.7 Å². The maximum atomic E-state index is 13.4. The van der Waals surface area contributed by atoms with Crippen LogP contribution in [0.15, 0.2) is 66.7 Å². The van der Waals surface area contributed by atoms with Crippen molar-refractivity contribution in [3.05, 3.63) is 105 Å². The van der Waals surface area contributed by atoms with Crippen LogP contribution in [0.25, 0.3) is 10.9 Å². The SMILES string of the molecule is COc1ccc2c(c1)c(CC(=O)NCCc1ccc([N+](=O)[O-])cc1)c(C)n2C(=O)c1ccc(C)cc1. The summed E-state index contributed by atoms with van der Waals surface area (Å²) < 4.78 is 7.04. The number of carbonyl (C=O) groups excluding carboxylic acids is 2. The van der Waals surface area contributed by atoms with E-state index in [1.807, 2.05) is 38.1 Å². The summed E-state index contributed by atoms with van der Waals surface area (Å²) in [5.74, 6) is 0.305. The van der Waals surface area contributed by atoms with Crippen molar-refractivity contribution < 1.29 is 19.2 Å². The van der Waals surface area contributed by atoms with E-state index in [1.165, 1.54) is 12.1 Å². The van der Waals surface area contributed by atoms with Gasteiger partial charge in [-0.25, -0.2) is 0 Å². The Labute approximate surface area is 208 Å². The average molecular weight is 486 g/mol. The van der Waals surface area contributed by atoms with Crippen LogP contribution in [0.1, 0.15) is 32.7 Å². The standard InChI is InChI=1S/C28H27N3O5/c1-18-4-8-21(9-5-18)28(33)30-19(2)24(25-16-23(36-3)12-13-26(25)30)17-27(32)29-15-14-20-6-10-22(11-7-20)31(34)35/h4-13,16H,14-15,17H2,1-3H3,(H,29,32). The number of nitro benzene ring substituents is 1. The molecule has 4 rings (SSSR count). The number of methoxy groups -OCH3 is 1. The van der Waals surface area contributed by atoms with Gasteiger partial charge in [0, 0.05) is 35.3 Å². The highest BCUT2D eigenvalue weighted by Gasteiger charge is 2.22. The van der Waals surface area contributed by atoms with E-state index in [0.717, 1.165) is 22.1 Å². The Kier molecular flexibility index (Phi) is 7.15. The Morgan fingerprint density at radius 3 is 2.33 bits per heavy atom. The van der Waals surface area contributed by atoms with Crippen molar-refractivity contribution in [3.8, 4) is 5.75 Å². The summed E-state index contributed by atoms with van der Waals surface area (Å²) in [7, 11) is 1.58. The molecular weight excluding hydrogens is 458 g/mol. The van der Waals surface area contributed by atoms with Crippen molar-refractivity contribution in [3.63, 3.8) is 0 Å². The number of benzene rings is 3. The lowest BCUT2D eigenvalue weighted by Gasteiger charge is -2.09. The van der Waals surface area contributed by atoms with Crippen molar-refractivity contribution >= 4 is 28.4 Å². The van der Waals surface area contributed by atoms with Crippen LogP contribution in [0.4, 0.5) is 5.69 Å². The summed E-state index contributed by atoms with van der Waals surface area (Å²) in [6.07, 6.45) is 0.647. The summed E-state index contributed by atoms with van der Waals surface area (Å²) in [5.41, 5.74) is 4.73. The monoisotopic (exact) mass is 485 g/mol. The molecule has 0 fully saturated rings. The molecule has 1 aromatic heterocycles. The lowest BCUT2D eigenvalue weighted by molar-refractivity contribution is -0.384. The molecule has 8 nitrogen and oxygen atoms in total. The molecule has 1 amide bonds. The minimum absolute atomic E-state index is 0.0327. The first-order valence-corrected chi connectivity index (χ1v) is 11.6. The van der Waals surface area contributed by atoms with Crippen LogP contribution in [-0.2, 0) is 17.6 Å². The molecular formula is C28H27N3O5.